The van der Waals surface area contributed by atoms with Gasteiger partial charge in [-0.1, -0.05) is 6.92 Å². The van der Waals surface area contributed by atoms with Gasteiger partial charge in [0.2, 0.25) is 5.91 Å². The first kappa shape index (κ1) is 14.3. The number of amides is 1. The minimum atomic E-state index is -0.485. The lowest BCUT2D eigenvalue weighted by molar-refractivity contribution is -0.120. The number of nitrogens with one attached hydrogen (secondary N) is 1. The van der Waals surface area contributed by atoms with E-state index in [1.54, 1.807) is 19.2 Å². The van der Waals surface area contributed by atoms with Gasteiger partial charge in [-0.25, -0.2) is 0 Å². The fourth-order valence-electron chi connectivity index (χ4n) is 1.34. The van der Waals surface area contributed by atoms with Crippen molar-refractivity contribution in [2.45, 2.75) is 19.4 Å². The molecule has 1 unspecified atom stereocenters. The van der Waals surface area contributed by atoms with Gasteiger partial charge in [0.25, 0.3) is 0 Å². The number of carbonyl (C=O) groups is 1. The van der Waals surface area contributed by atoms with Crippen LogP contribution in [0.25, 0.3) is 0 Å². The van der Waals surface area contributed by atoms with Crippen LogP contribution in [0, 0.1) is 0 Å². The molecule has 0 saturated carbocycles. The molecule has 0 aliphatic rings. The number of rotatable bonds is 8. The van der Waals surface area contributed by atoms with E-state index in [1.165, 1.54) is 0 Å². The first-order chi connectivity index (χ1) is 8.67. The highest BCUT2D eigenvalue weighted by Crippen LogP contribution is 2.17. The molecule has 5 heteroatoms. The fraction of sp³-hybridized carbons (Fsp3) is 0.462. The van der Waals surface area contributed by atoms with Gasteiger partial charge in [0.05, 0.1) is 6.61 Å². The Balaban J connectivity index is 2.45. The molecule has 1 amide bonds. The third-order valence-electron chi connectivity index (χ3n) is 2.41. The standard InChI is InChI=1S/C13H20N2O3/c1-3-8-17-10-4-6-11(7-5-10)18-9-12(15-2)13(14)16/h4-7,12,15H,3,8-9H2,1-2H3,(H2,14,16). The largest absolute Gasteiger partial charge is 0.494 e. The predicted molar refractivity (Wildman–Crippen MR) is 69.8 cm³/mol. The van der Waals surface area contributed by atoms with Crippen molar-refractivity contribution < 1.29 is 14.3 Å². The highest BCUT2D eigenvalue weighted by molar-refractivity contribution is 5.79. The number of nitrogens with two attached hydrogens (primary N) is 1. The summed E-state index contributed by atoms with van der Waals surface area (Å²) in [5.41, 5.74) is 5.19. The van der Waals surface area contributed by atoms with Gasteiger partial charge < -0.3 is 20.5 Å². The van der Waals surface area contributed by atoms with Gasteiger partial charge in [-0.3, -0.25) is 4.79 Å². The van der Waals surface area contributed by atoms with Crippen molar-refractivity contribution in [3.05, 3.63) is 24.3 Å². The summed E-state index contributed by atoms with van der Waals surface area (Å²) in [5.74, 6) is 1.06. The number of primary amides is 1. The number of hydrogen-bond acceptors (Lipinski definition) is 4. The first-order valence-electron chi connectivity index (χ1n) is 5.99. The predicted octanol–water partition coefficient (Wildman–Crippen LogP) is 0.927. The lowest BCUT2D eigenvalue weighted by Crippen LogP contribution is -2.43. The van der Waals surface area contributed by atoms with Crippen molar-refractivity contribution >= 4 is 5.91 Å². The zero-order chi connectivity index (χ0) is 13.4. The minimum Gasteiger partial charge on any atom is -0.494 e. The summed E-state index contributed by atoms with van der Waals surface area (Å²) < 4.78 is 10.9. The van der Waals surface area contributed by atoms with Crippen LogP contribution >= 0.6 is 0 Å². The first-order valence-corrected chi connectivity index (χ1v) is 5.99. The van der Waals surface area contributed by atoms with Crippen molar-refractivity contribution in [3.63, 3.8) is 0 Å². The van der Waals surface area contributed by atoms with E-state index in [9.17, 15) is 4.79 Å². The maximum Gasteiger partial charge on any atom is 0.238 e. The lowest BCUT2D eigenvalue weighted by atomic mass is 10.3. The van der Waals surface area contributed by atoms with Crippen molar-refractivity contribution in [1.82, 2.24) is 5.32 Å². The number of hydrogen-bond donors (Lipinski definition) is 2. The summed E-state index contributed by atoms with van der Waals surface area (Å²) in [6.45, 7) is 2.96. The Morgan fingerprint density at radius 1 is 1.28 bits per heavy atom. The zero-order valence-electron chi connectivity index (χ0n) is 10.8. The second-order valence-electron chi connectivity index (χ2n) is 3.87. The third-order valence-corrected chi connectivity index (χ3v) is 2.41. The van der Waals surface area contributed by atoms with Crippen LogP contribution in [0.5, 0.6) is 11.5 Å². The van der Waals surface area contributed by atoms with Crippen LogP contribution in [-0.4, -0.2) is 32.2 Å². The molecule has 100 valence electrons. The topological polar surface area (TPSA) is 73.6 Å². The molecule has 0 aliphatic heterocycles. The average molecular weight is 252 g/mol. The van der Waals surface area contributed by atoms with Gasteiger partial charge in [0, 0.05) is 0 Å². The molecular formula is C13H20N2O3. The Morgan fingerprint density at radius 3 is 2.28 bits per heavy atom. The molecule has 0 aliphatic carbocycles. The summed E-state index contributed by atoms with van der Waals surface area (Å²) in [4.78, 5) is 11.0. The van der Waals surface area contributed by atoms with Crippen molar-refractivity contribution in [2.75, 3.05) is 20.3 Å². The molecule has 0 aromatic heterocycles. The van der Waals surface area contributed by atoms with Crippen molar-refractivity contribution in [1.29, 1.82) is 0 Å². The van der Waals surface area contributed by atoms with E-state index in [1.807, 2.05) is 12.1 Å². The molecule has 1 atom stereocenters. The normalized spacial score (nSPS) is 11.9. The SMILES string of the molecule is CCCOc1ccc(OCC(NC)C(N)=O)cc1. The molecule has 0 heterocycles. The Hall–Kier alpha value is -1.75. The molecule has 18 heavy (non-hydrogen) atoms. The molecule has 0 spiro atoms. The smallest absolute Gasteiger partial charge is 0.238 e. The number of ether oxygens (including phenoxy) is 2. The summed E-state index contributed by atoms with van der Waals surface area (Å²) in [6.07, 6.45) is 0.973. The van der Waals surface area contributed by atoms with Crippen LogP contribution in [0.1, 0.15) is 13.3 Å². The van der Waals surface area contributed by atoms with Crippen LogP contribution in [-0.2, 0) is 4.79 Å². The number of carbonyl (C=O) groups excluding carboxylic acids is 1. The van der Waals surface area contributed by atoms with Crippen LogP contribution in [0.2, 0.25) is 0 Å². The van der Waals surface area contributed by atoms with Crippen LogP contribution in [0.4, 0.5) is 0 Å². The van der Waals surface area contributed by atoms with E-state index in [0.29, 0.717) is 12.4 Å². The second-order valence-corrected chi connectivity index (χ2v) is 3.87. The Bertz CT molecular complexity index is 365. The van der Waals surface area contributed by atoms with Crippen LogP contribution in [0.15, 0.2) is 24.3 Å². The van der Waals surface area contributed by atoms with Crippen LogP contribution in [0.3, 0.4) is 0 Å². The second kappa shape index (κ2) is 7.55. The summed E-state index contributed by atoms with van der Waals surface area (Å²) in [7, 11) is 1.67. The van der Waals surface area contributed by atoms with Gasteiger partial charge in [-0.05, 0) is 37.7 Å². The molecule has 3 N–H and O–H groups in total. The van der Waals surface area contributed by atoms with E-state index in [4.69, 9.17) is 15.2 Å². The third kappa shape index (κ3) is 4.63. The molecule has 0 radical (unpaired) electrons. The Morgan fingerprint density at radius 2 is 1.83 bits per heavy atom. The van der Waals surface area contributed by atoms with Gasteiger partial charge in [0.15, 0.2) is 0 Å². The zero-order valence-corrected chi connectivity index (χ0v) is 10.8. The van der Waals surface area contributed by atoms with Gasteiger partial charge >= 0.3 is 0 Å². The molecule has 5 nitrogen and oxygen atoms in total. The number of likely N-dealkylation sites (N-methyl/N-ethyl adjacent to an activating group) is 1. The summed E-state index contributed by atoms with van der Waals surface area (Å²) in [5, 5.41) is 2.79. The fourth-order valence-corrected chi connectivity index (χ4v) is 1.34. The lowest BCUT2D eigenvalue weighted by Gasteiger charge is -2.13. The Labute approximate surface area is 107 Å². The molecule has 0 fully saturated rings. The van der Waals surface area contributed by atoms with E-state index in [2.05, 4.69) is 12.2 Å². The molecule has 1 rings (SSSR count). The van der Waals surface area contributed by atoms with Gasteiger partial charge in [-0.2, -0.15) is 0 Å². The summed E-state index contributed by atoms with van der Waals surface area (Å²) in [6, 6.07) is 6.80. The Kier molecular flexibility index (Phi) is 6.00. The maximum atomic E-state index is 11.0. The minimum absolute atomic E-state index is 0.209. The maximum absolute atomic E-state index is 11.0. The quantitative estimate of drug-likeness (QED) is 0.721. The molecule has 0 bridgehead atoms. The molecule has 1 aromatic carbocycles. The van der Waals surface area contributed by atoms with E-state index in [-0.39, 0.29) is 6.61 Å². The molecule has 1 aromatic rings. The van der Waals surface area contributed by atoms with E-state index in [0.717, 1.165) is 12.2 Å². The monoisotopic (exact) mass is 252 g/mol. The van der Waals surface area contributed by atoms with Gasteiger partial charge in [0.1, 0.15) is 24.1 Å². The van der Waals surface area contributed by atoms with Gasteiger partial charge in [-0.15, -0.1) is 0 Å². The van der Waals surface area contributed by atoms with E-state index < -0.39 is 11.9 Å². The highest BCUT2D eigenvalue weighted by Gasteiger charge is 2.12. The molecular weight excluding hydrogens is 232 g/mol. The van der Waals surface area contributed by atoms with Crippen LogP contribution < -0.4 is 20.5 Å². The number of benzene rings is 1. The van der Waals surface area contributed by atoms with E-state index >= 15 is 0 Å². The molecule has 0 saturated heterocycles. The van der Waals surface area contributed by atoms with Crippen molar-refractivity contribution in [2.24, 2.45) is 5.73 Å². The average Bonchev–Trinajstić information content (AvgIpc) is 2.38. The highest BCUT2D eigenvalue weighted by atomic mass is 16.5. The van der Waals surface area contributed by atoms with Crippen molar-refractivity contribution in [3.8, 4) is 11.5 Å². The summed E-state index contributed by atoms with van der Waals surface area (Å²) >= 11 is 0.